The molecular formula is C15H17ClFN3O. The van der Waals surface area contributed by atoms with Gasteiger partial charge in [0.25, 0.3) is 0 Å². The number of aromatic nitrogens is 1. The summed E-state index contributed by atoms with van der Waals surface area (Å²) in [4.78, 5) is 4.14. The summed E-state index contributed by atoms with van der Waals surface area (Å²) in [6.45, 7) is 2.65. The van der Waals surface area contributed by atoms with E-state index in [4.69, 9.17) is 22.2 Å². The number of nitrogens with zero attached hydrogens (tertiary/aromatic N) is 1. The van der Waals surface area contributed by atoms with Crippen LogP contribution in [0.4, 0.5) is 4.39 Å². The predicted octanol–water partition coefficient (Wildman–Crippen LogP) is 3.22. The van der Waals surface area contributed by atoms with Crippen LogP contribution in [0.5, 0.6) is 5.75 Å². The van der Waals surface area contributed by atoms with Gasteiger partial charge in [-0.15, -0.1) is 0 Å². The van der Waals surface area contributed by atoms with Crippen LogP contribution in [0.25, 0.3) is 0 Å². The third-order valence-electron chi connectivity index (χ3n) is 2.98. The highest BCUT2D eigenvalue weighted by atomic mass is 35.5. The molecule has 21 heavy (non-hydrogen) atoms. The summed E-state index contributed by atoms with van der Waals surface area (Å²) in [5.41, 5.74) is 4.25. The van der Waals surface area contributed by atoms with Gasteiger partial charge in [-0.3, -0.25) is 10.8 Å². The summed E-state index contributed by atoms with van der Waals surface area (Å²) < 4.78 is 18.8. The van der Waals surface area contributed by atoms with Crippen molar-refractivity contribution in [3.05, 3.63) is 58.6 Å². The first-order valence-electron chi connectivity index (χ1n) is 6.64. The topological polar surface area (TPSA) is 60.2 Å². The Bertz CT molecular complexity index is 609. The highest BCUT2D eigenvalue weighted by molar-refractivity contribution is 6.30. The Morgan fingerprint density at radius 3 is 2.81 bits per heavy atom. The Labute approximate surface area is 128 Å². The van der Waals surface area contributed by atoms with E-state index >= 15 is 0 Å². The Morgan fingerprint density at radius 1 is 1.33 bits per heavy atom. The number of halogens is 2. The number of rotatable bonds is 6. The lowest BCUT2D eigenvalue weighted by molar-refractivity contribution is 0.315. The van der Waals surface area contributed by atoms with Gasteiger partial charge in [-0.1, -0.05) is 24.6 Å². The minimum Gasteiger partial charge on any atom is -0.492 e. The molecule has 1 atom stereocenters. The van der Waals surface area contributed by atoms with E-state index in [1.165, 1.54) is 6.07 Å². The second-order valence-electron chi connectivity index (χ2n) is 4.58. The second kappa shape index (κ2) is 7.36. The molecule has 6 heteroatoms. The normalized spacial score (nSPS) is 12.2. The molecule has 112 valence electrons. The van der Waals surface area contributed by atoms with Crippen LogP contribution in [0.3, 0.4) is 0 Å². The quantitative estimate of drug-likeness (QED) is 0.635. The van der Waals surface area contributed by atoms with Gasteiger partial charge in [-0.25, -0.2) is 9.82 Å². The molecule has 0 aliphatic heterocycles. The largest absolute Gasteiger partial charge is 0.492 e. The van der Waals surface area contributed by atoms with E-state index < -0.39 is 5.82 Å². The van der Waals surface area contributed by atoms with Crippen LogP contribution >= 0.6 is 11.6 Å². The van der Waals surface area contributed by atoms with E-state index in [0.29, 0.717) is 12.4 Å². The molecule has 0 aliphatic rings. The first kappa shape index (κ1) is 15.7. The summed E-state index contributed by atoms with van der Waals surface area (Å²) >= 11 is 5.82. The molecule has 0 radical (unpaired) electrons. The molecule has 1 unspecified atom stereocenters. The Morgan fingerprint density at radius 2 is 2.14 bits per heavy atom. The van der Waals surface area contributed by atoms with Gasteiger partial charge >= 0.3 is 0 Å². The number of benzene rings is 1. The second-order valence-corrected chi connectivity index (χ2v) is 4.98. The summed E-state index contributed by atoms with van der Waals surface area (Å²) in [5.74, 6) is 5.83. The molecular weight excluding hydrogens is 293 g/mol. The zero-order chi connectivity index (χ0) is 15.2. The summed E-state index contributed by atoms with van der Waals surface area (Å²) in [5, 5.41) is 0.0547. The zero-order valence-electron chi connectivity index (χ0n) is 11.6. The molecule has 0 fully saturated rings. The Balaban J connectivity index is 2.30. The maximum absolute atomic E-state index is 13.3. The van der Waals surface area contributed by atoms with Crippen LogP contribution < -0.4 is 16.0 Å². The SMILES string of the molecule is CCCOc1cncc(C(NN)c2ccc(F)c(Cl)c2)c1. The average molecular weight is 310 g/mol. The van der Waals surface area contributed by atoms with Gasteiger partial charge in [-0.05, 0) is 35.7 Å². The van der Waals surface area contributed by atoms with Gasteiger partial charge in [0.2, 0.25) is 0 Å². The predicted molar refractivity (Wildman–Crippen MR) is 80.6 cm³/mol. The molecule has 3 N–H and O–H groups in total. The molecule has 0 spiro atoms. The number of hydrogen-bond acceptors (Lipinski definition) is 4. The van der Waals surface area contributed by atoms with Crippen molar-refractivity contribution in [2.45, 2.75) is 19.4 Å². The molecule has 2 aromatic rings. The number of nitrogens with two attached hydrogens (primary N) is 1. The molecule has 0 aliphatic carbocycles. The summed E-state index contributed by atoms with van der Waals surface area (Å²) in [6.07, 6.45) is 4.24. The van der Waals surface area contributed by atoms with Gasteiger partial charge in [0.05, 0.1) is 23.9 Å². The molecule has 0 saturated carbocycles. The molecule has 1 aromatic carbocycles. The maximum Gasteiger partial charge on any atom is 0.141 e. The van der Waals surface area contributed by atoms with Crippen molar-refractivity contribution in [3.63, 3.8) is 0 Å². The zero-order valence-corrected chi connectivity index (χ0v) is 12.4. The van der Waals surface area contributed by atoms with E-state index in [1.54, 1.807) is 24.5 Å². The third-order valence-corrected chi connectivity index (χ3v) is 3.27. The van der Waals surface area contributed by atoms with Crippen LogP contribution in [0.15, 0.2) is 36.7 Å². The fourth-order valence-corrected chi connectivity index (χ4v) is 2.16. The van der Waals surface area contributed by atoms with Crippen LogP contribution in [0, 0.1) is 5.82 Å². The first-order chi connectivity index (χ1) is 10.2. The number of hydrazine groups is 1. The van der Waals surface area contributed by atoms with Gasteiger partial charge in [0.1, 0.15) is 11.6 Å². The van der Waals surface area contributed by atoms with Crippen molar-refractivity contribution < 1.29 is 9.13 Å². The van der Waals surface area contributed by atoms with Crippen molar-refractivity contribution in [2.75, 3.05) is 6.61 Å². The van der Waals surface area contributed by atoms with E-state index in [9.17, 15) is 4.39 Å². The van der Waals surface area contributed by atoms with Crippen molar-refractivity contribution in [3.8, 4) is 5.75 Å². The minimum atomic E-state index is -0.464. The minimum absolute atomic E-state index is 0.0547. The van der Waals surface area contributed by atoms with Crippen molar-refractivity contribution in [1.82, 2.24) is 10.4 Å². The molecule has 0 saturated heterocycles. The van der Waals surface area contributed by atoms with Crippen molar-refractivity contribution >= 4 is 11.6 Å². The fourth-order valence-electron chi connectivity index (χ4n) is 1.97. The highest BCUT2D eigenvalue weighted by Crippen LogP contribution is 2.26. The van der Waals surface area contributed by atoms with E-state index in [1.807, 2.05) is 13.0 Å². The van der Waals surface area contributed by atoms with Crippen LogP contribution in [-0.2, 0) is 0 Å². The van der Waals surface area contributed by atoms with E-state index in [-0.39, 0.29) is 11.1 Å². The third kappa shape index (κ3) is 3.91. The molecule has 0 bridgehead atoms. The Hall–Kier alpha value is -1.69. The monoisotopic (exact) mass is 309 g/mol. The number of ether oxygens (including phenoxy) is 1. The summed E-state index contributed by atoms with van der Waals surface area (Å²) in [7, 11) is 0. The van der Waals surface area contributed by atoms with Crippen LogP contribution in [0.1, 0.15) is 30.5 Å². The lowest BCUT2D eigenvalue weighted by Gasteiger charge is -2.17. The fraction of sp³-hybridized carbons (Fsp3) is 0.267. The van der Waals surface area contributed by atoms with Gasteiger partial charge in [-0.2, -0.15) is 0 Å². The molecule has 1 heterocycles. The molecule has 0 amide bonds. The highest BCUT2D eigenvalue weighted by Gasteiger charge is 2.15. The molecule has 2 rings (SSSR count). The van der Waals surface area contributed by atoms with Crippen molar-refractivity contribution in [2.24, 2.45) is 5.84 Å². The maximum atomic E-state index is 13.3. The smallest absolute Gasteiger partial charge is 0.141 e. The number of nitrogens with one attached hydrogen (secondary N) is 1. The summed E-state index contributed by atoms with van der Waals surface area (Å²) in [6, 6.07) is 5.99. The van der Waals surface area contributed by atoms with E-state index in [0.717, 1.165) is 17.5 Å². The van der Waals surface area contributed by atoms with Gasteiger partial charge in [0.15, 0.2) is 0 Å². The van der Waals surface area contributed by atoms with Crippen molar-refractivity contribution in [1.29, 1.82) is 0 Å². The lowest BCUT2D eigenvalue weighted by Crippen LogP contribution is -2.29. The average Bonchev–Trinajstić information content (AvgIpc) is 2.50. The van der Waals surface area contributed by atoms with E-state index in [2.05, 4.69) is 10.4 Å². The standard InChI is InChI=1S/C15H17ClFN3O/c1-2-5-21-12-6-11(8-19-9-12)15(20-18)10-3-4-14(17)13(16)7-10/h3-4,6-9,15,20H,2,5,18H2,1H3. The van der Waals surface area contributed by atoms with Crippen LogP contribution in [0.2, 0.25) is 5.02 Å². The molecule has 4 nitrogen and oxygen atoms in total. The van der Waals surface area contributed by atoms with Gasteiger partial charge < -0.3 is 4.74 Å². The Kier molecular flexibility index (Phi) is 5.50. The van der Waals surface area contributed by atoms with Gasteiger partial charge in [0, 0.05) is 6.20 Å². The van der Waals surface area contributed by atoms with Crippen LogP contribution in [-0.4, -0.2) is 11.6 Å². The lowest BCUT2D eigenvalue weighted by atomic mass is 10.0. The number of pyridine rings is 1. The number of hydrogen-bond donors (Lipinski definition) is 2. The molecule has 1 aromatic heterocycles. The first-order valence-corrected chi connectivity index (χ1v) is 7.02.